The van der Waals surface area contributed by atoms with Crippen LogP contribution in [-0.2, 0) is 11.3 Å². The zero-order chi connectivity index (χ0) is 24.8. The Labute approximate surface area is 215 Å². The van der Waals surface area contributed by atoms with Crippen LogP contribution >= 0.6 is 22.9 Å². The van der Waals surface area contributed by atoms with Crippen LogP contribution in [0.3, 0.4) is 0 Å². The number of aryl methyl sites for hydroxylation is 1. The van der Waals surface area contributed by atoms with Crippen LogP contribution in [0.4, 0.5) is 0 Å². The third-order valence-corrected chi connectivity index (χ3v) is 7.60. The Morgan fingerprint density at radius 2 is 2.00 bits per heavy atom. The SMILES string of the molecule is Cc1ncsc1C(=O)N1CCCC(COc2cccc(Cl)c2)(CC(=O)N(C)Cc2ccccc2)C1. The first-order chi connectivity index (χ1) is 16.8. The molecule has 1 fully saturated rings. The number of carbonyl (C=O) groups excluding carboxylic acids is 2. The molecule has 1 unspecified atom stereocenters. The Morgan fingerprint density at radius 3 is 2.71 bits per heavy atom. The summed E-state index contributed by atoms with van der Waals surface area (Å²) in [7, 11) is 1.83. The average molecular weight is 512 g/mol. The molecule has 0 bridgehead atoms. The van der Waals surface area contributed by atoms with E-state index in [-0.39, 0.29) is 11.8 Å². The van der Waals surface area contributed by atoms with Gasteiger partial charge in [0.2, 0.25) is 5.91 Å². The second-order valence-electron chi connectivity index (χ2n) is 9.26. The largest absolute Gasteiger partial charge is 0.493 e. The molecule has 184 valence electrons. The molecule has 2 amide bonds. The van der Waals surface area contributed by atoms with Crippen LogP contribution in [0.25, 0.3) is 0 Å². The zero-order valence-electron chi connectivity index (χ0n) is 20.1. The number of piperidine rings is 1. The van der Waals surface area contributed by atoms with Gasteiger partial charge in [-0.1, -0.05) is 48.0 Å². The average Bonchev–Trinajstić information content (AvgIpc) is 3.29. The highest BCUT2D eigenvalue weighted by Crippen LogP contribution is 2.36. The standard InChI is InChI=1S/C27H30ClN3O3S/c1-20-25(35-19-29-20)26(33)31-13-7-12-27(17-31,18-34-23-11-6-10-22(28)14-23)15-24(32)30(2)16-21-8-4-3-5-9-21/h3-6,8-11,14,19H,7,12-13,15-18H2,1-2H3. The predicted molar refractivity (Wildman–Crippen MR) is 139 cm³/mol. The van der Waals surface area contributed by atoms with E-state index >= 15 is 0 Å². The number of hydrogen-bond acceptors (Lipinski definition) is 5. The lowest BCUT2D eigenvalue weighted by atomic mass is 9.77. The van der Waals surface area contributed by atoms with E-state index in [0.717, 1.165) is 24.1 Å². The van der Waals surface area contributed by atoms with E-state index in [9.17, 15) is 9.59 Å². The van der Waals surface area contributed by atoms with E-state index in [0.29, 0.717) is 48.3 Å². The number of benzene rings is 2. The molecule has 1 atom stereocenters. The molecule has 1 saturated heterocycles. The summed E-state index contributed by atoms with van der Waals surface area (Å²) in [5.41, 5.74) is 3.01. The van der Waals surface area contributed by atoms with E-state index in [1.165, 1.54) is 11.3 Å². The molecule has 35 heavy (non-hydrogen) atoms. The summed E-state index contributed by atoms with van der Waals surface area (Å²) in [6.45, 7) is 3.82. The van der Waals surface area contributed by atoms with Crippen LogP contribution in [0, 0.1) is 12.3 Å². The molecule has 0 N–H and O–H groups in total. The minimum Gasteiger partial charge on any atom is -0.493 e. The highest BCUT2D eigenvalue weighted by Gasteiger charge is 2.41. The first-order valence-corrected chi connectivity index (χ1v) is 13.0. The molecule has 1 aliphatic heterocycles. The lowest BCUT2D eigenvalue weighted by molar-refractivity contribution is -0.134. The summed E-state index contributed by atoms with van der Waals surface area (Å²) in [4.78, 5) is 35.2. The van der Waals surface area contributed by atoms with Gasteiger partial charge in [-0.15, -0.1) is 11.3 Å². The van der Waals surface area contributed by atoms with Crippen LogP contribution in [0.15, 0.2) is 60.1 Å². The van der Waals surface area contributed by atoms with Crippen LogP contribution in [0.1, 0.15) is 40.2 Å². The molecule has 0 radical (unpaired) electrons. The van der Waals surface area contributed by atoms with E-state index < -0.39 is 5.41 Å². The monoisotopic (exact) mass is 511 g/mol. The van der Waals surface area contributed by atoms with Gasteiger partial charge in [0.1, 0.15) is 10.6 Å². The van der Waals surface area contributed by atoms with Gasteiger partial charge >= 0.3 is 0 Å². The van der Waals surface area contributed by atoms with E-state index in [1.807, 2.05) is 61.3 Å². The summed E-state index contributed by atoms with van der Waals surface area (Å²) in [6, 6.07) is 17.2. The lowest BCUT2D eigenvalue weighted by Gasteiger charge is -2.42. The van der Waals surface area contributed by atoms with Crippen molar-refractivity contribution in [2.45, 2.75) is 32.7 Å². The van der Waals surface area contributed by atoms with Crippen molar-refractivity contribution in [1.82, 2.24) is 14.8 Å². The molecule has 6 nitrogen and oxygen atoms in total. The van der Waals surface area contributed by atoms with Crippen molar-refractivity contribution in [2.75, 3.05) is 26.7 Å². The summed E-state index contributed by atoms with van der Waals surface area (Å²) in [6.07, 6.45) is 1.89. The second-order valence-corrected chi connectivity index (χ2v) is 10.5. The van der Waals surface area contributed by atoms with Crippen molar-refractivity contribution >= 4 is 34.8 Å². The molecule has 0 aliphatic carbocycles. The Bertz CT molecular complexity index is 1170. The number of hydrogen-bond donors (Lipinski definition) is 0. The fourth-order valence-electron chi connectivity index (χ4n) is 4.54. The summed E-state index contributed by atoms with van der Waals surface area (Å²) >= 11 is 7.50. The molecule has 8 heteroatoms. The molecule has 1 aromatic heterocycles. The van der Waals surface area contributed by atoms with Crippen molar-refractivity contribution < 1.29 is 14.3 Å². The Hall–Kier alpha value is -2.90. The summed E-state index contributed by atoms with van der Waals surface area (Å²) in [5, 5.41) is 0.594. The van der Waals surface area contributed by atoms with Gasteiger partial charge < -0.3 is 14.5 Å². The lowest BCUT2D eigenvalue weighted by Crippen LogP contribution is -2.50. The topological polar surface area (TPSA) is 62.7 Å². The first-order valence-electron chi connectivity index (χ1n) is 11.7. The molecule has 2 heterocycles. The quantitative estimate of drug-likeness (QED) is 0.403. The van der Waals surface area contributed by atoms with Gasteiger partial charge in [-0.05, 0) is 43.5 Å². The van der Waals surface area contributed by atoms with E-state index in [4.69, 9.17) is 16.3 Å². The summed E-state index contributed by atoms with van der Waals surface area (Å²) in [5.74, 6) is 0.664. The number of thiazole rings is 1. The molecule has 4 rings (SSSR count). The van der Waals surface area contributed by atoms with Gasteiger partial charge in [0, 0.05) is 43.5 Å². The van der Waals surface area contributed by atoms with Gasteiger partial charge in [0.25, 0.3) is 5.91 Å². The number of rotatable bonds is 8. The third kappa shape index (κ3) is 6.41. The number of halogens is 1. The Morgan fingerprint density at radius 1 is 1.20 bits per heavy atom. The minimum atomic E-state index is -0.503. The zero-order valence-corrected chi connectivity index (χ0v) is 21.6. The number of nitrogens with zero attached hydrogens (tertiary/aromatic N) is 3. The van der Waals surface area contributed by atoms with Gasteiger partial charge in [-0.3, -0.25) is 9.59 Å². The number of aromatic nitrogens is 1. The Balaban J connectivity index is 1.53. The predicted octanol–water partition coefficient (Wildman–Crippen LogP) is 5.46. The third-order valence-electron chi connectivity index (χ3n) is 6.44. The number of carbonyl (C=O) groups is 2. The van der Waals surface area contributed by atoms with E-state index in [2.05, 4.69) is 4.98 Å². The molecular formula is C27H30ClN3O3S. The van der Waals surface area contributed by atoms with Gasteiger partial charge in [-0.2, -0.15) is 0 Å². The summed E-state index contributed by atoms with van der Waals surface area (Å²) < 4.78 is 6.17. The van der Waals surface area contributed by atoms with Crippen molar-refractivity contribution in [3.05, 3.63) is 81.3 Å². The van der Waals surface area contributed by atoms with E-state index in [1.54, 1.807) is 22.5 Å². The molecule has 3 aromatic rings. The molecule has 0 saturated carbocycles. The Kier molecular flexibility index (Phi) is 8.08. The fraction of sp³-hybridized carbons (Fsp3) is 0.370. The number of likely N-dealkylation sites (tertiary alicyclic amines) is 1. The number of ether oxygens (including phenoxy) is 1. The van der Waals surface area contributed by atoms with Crippen LogP contribution < -0.4 is 4.74 Å². The maximum absolute atomic E-state index is 13.4. The van der Waals surface area contributed by atoms with Gasteiger partial charge in [-0.25, -0.2) is 4.98 Å². The van der Waals surface area contributed by atoms with Crippen LogP contribution in [-0.4, -0.2) is 53.3 Å². The second kappa shape index (κ2) is 11.2. The van der Waals surface area contributed by atoms with Crippen molar-refractivity contribution in [1.29, 1.82) is 0 Å². The molecular weight excluding hydrogens is 482 g/mol. The maximum Gasteiger partial charge on any atom is 0.265 e. The highest BCUT2D eigenvalue weighted by atomic mass is 35.5. The van der Waals surface area contributed by atoms with Gasteiger partial charge in [0.05, 0.1) is 17.8 Å². The normalized spacial score (nSPS) is 17.7. The molecule has 2 aromatic carbocycles. The minimum absolute atomic E-state index is 0.0260. The number of amides is 2. The smallest absolute Gasteiger partial charge is 0.265 e. The van der Waals surface area contributed by atoms with Crippen molar-refractivity contribution in [3.63, 3.8) is 0 Å². The van der Waals surface area contributed by atoms with Gasteiger partial charge in [0.15, 0.2) is 0 Å². The van der Waals surface area contributed by atoms with Crippen LogP contribution in [0.5, 0.6) is 5.75 Å². The van der Waals surface area contributed by atoms with Crippen LogP contribution in [0.2, 0.25) is 5.02 Å². The first kappa shape index (κ1) is 25.2. The maximum atomic E-state index is 13.4. The fourth-order valence-corrected chi connectivity index (χ4v) is 5.49. The van der Waals surface area contributed by atoms with Crippen molar-refractivity contribution in [2.24, 2.45) is 5.41 Å². The van der Waals surface area contributed by atoms with Crippen molar-refractivity contribution in [3.8, 4) is 5.75 Å². The molecule has 0 spiro atoms. The highest BCUT2D eigenvalue weighted by molar-refractivity contribution is 7.11. The molecule has 1 aliphatic rings.